The smallest absolute Gasteiger partial charge is 0.242 e. The highest BCUT2D eigenvalue weighted by Gasteiger charge is 2.26. The Morgan fingerprint density at radius 3 is 1.93 bits per heavy atom. The maximum absolute atomic E-state index is 12.9. The quantitative estimate of drug-likeness (QED) is 0.539. The summed E-state index contributed by atoms with van der Waals surface area (Å²) in [6, 6.07) is 21.6. The lowest BCUT2D eigenvalue weighted by Gasteiger charge is -2.22. The number of amides is 1. The Labute approximate surface area is 186 Å². The van der Waals surface area contributed by atoms with E-state index in [0.29, 0.717) is 0 Å². The normalized spacial score (nSPS) is 12.5. The number of hydrogen-bond donors (Lipinski definition) is 2. The molecule has 3 aromatic carbocycles. The fourth-order valence-electron chi connectivity index (χ4n) is 2.95. The fraction of sp³-hybridized carbons (Fsp3) is 0.136. The summed E-state index contributed by atoms with van der Waals surface area (Å²) >= 11 is 11.9. The molecule has 0 fully saturated rings. The zero-order valence-electron chi connectivity index (χ0n) is 16.0. The van der Waals surface area contributed by atoms with Crippen molar-refractivity contribution in [1.82, 2.24) is 10.0 Å². The van der Waals surface area contributed by atoms with Gasteiger partial charge in [-0.05, 0) is 36.2 Å². The maximum Gasteiger partial charge on any atom is 0.242 e. The molecule has 0 saturated carbocycles. The molecule has 3 rings (SSSR count). The van der Waals surface area contributed by atoms with Gasteiger partial charge in [-0.1, -0.05) is 83.9 Å². The summed E-state index contributed by atoms with van der Waals surface area (Å²) in [5, 5.41) is 3.17. The zero-order valence-corrected chi connectivity index (χ0v) is 18.4. The van der Waals surface area contributed by atoms with E-state index < -0.39 is 28.0 Å². The van der Waals surface area contributed by atoms with Crippen LogP contribution in [0, 0.1) is 0 Å². The van der Waals surface area contributed by atoms with Crippen LogP contribution in [0.1, 0.15) is 24.1 Å². The Morgan fingerprint density at radius 2 is 1.40 bits per heavy atom. The molecule has 0 aliphatic carbocycles. The third-order valence-corrected chi connectivity index (χ3v) is 6.72. The Morgan fingerprint density at radius 1 is 0.867 bits per heavy atom. The molecule has 1 atom stereocenters. The monoisotopic (exact) mass is 462 g/mol. The molecule has 30 heavy (non-hydrogen) atoms. The average molecular weight is 463 g/mol. The number of nitrogens with one attached hydrogen (secondary N) is 2. The Hall–Kier alpha value is -2.38. The molecule has 2 N–H and O–H groups in total. The number of carbonyl (C=O) groups excluding carboxylic acids is 1. The SMILES string of the molecule is C[C@H](NS(=O)(=O)c1cc(Cl)ccc1Cl)C(=O)NC(c1ccccc1)c1ccccc1. The summed E-state index contributed by atoms with van der Waals surface area (Å²) in [6.45, 7) is 1.47. The molecule has 0 bridgehead atoms. The van der Waals surface area contributed by atoms with Gasteiger partial charge in [-0.25, -0.2) is 8.42 Å². The van der Waals surface area contributed by atoms with Crippen molar-refractivity contribution in [2.75, 3.05) is 0 Å². The number of rotatable bonds is 7. The highest BCUT2D eigenvalue weighted by atomic mass is 35.5. The molecule has 0 aromatic heterocycles. The van der Waals surface area contributed by atoms with Crippen LogP contribution in [0.2, 0.25) is 10.0 Å². The molecule has 1 amide bonds. The molecule has 0 saturated heterocycles. The molecular formula is C22H20Cl2N2O3S. The van der Waals surface area contributed by atoms with Crippen molar-refractivity contribution < 1.29 is 13.2 Å². The first-order chi connectivity index (χ1) is 14.3. The zero-order chi connectivity index (χ0) is 21.7. The van der Waals surface area contributed by atoms with Crippen LogP contribution in [0.3, 0.4) is 0 Å². The van der Waals surface area contributed by atoms with Gasteiger partial charge in [0.05, 0.1) is 17.1 Å². The van der Waals surface area contributed by atoms with Gasteiger partial charge in [-0.3, -0.25) is 4.79 Å². The van der Waals surface area contributed by atoms with Crippen LogP contribution in [0.4, 0.5) is 0 Å². The molecule has 0 spiro atoms. The molecule has 156 valence electrons. The average Bonchev–Trinajstić information content (AvgIpc) is 2.74. The van der Waals surface area contributed by atoms with Crippen LogP contribution in [0.15, 0.2) is 83.8 Å². The predicted molar refractivity (Wildman–Crippen MR) is 119 cm³/mol. The minimum absolute atomic E-state index is 0.0194. The van der Waals surface area contributed by atoms with Crippen molar-refractivity contribution in [3.63, 3.8) is 0 Å². The van der Waals surface area contributed by atoms with Crippen molar-refractivity contribution in [2.24, 2.45) is 0 Å². The molecule has 0 radical (unpaired) electrons. The minimum Gasteiger partial charge on any atom is -0.344 e. The second-order valence-electron chi connectivity index (χ2n) is 6.68. The van der Waals surface area contributed by atoms with Crippen molar-refractivity contribution in [1.29, 1.82) is 0 Å². The standard InChI is InChI=1S/C22H20Cl2N2O3S/c1-15(26-30(28,29)20-14-18(23)12-13-19(20)24)22(27)25-21(16-8-4-2-5-9-16)17-10-6-3-7-11-17/h2-15,21,26H,1H3,(H,25,27)/t15-/m0/s1. The third-order valence-electron chi connectivity index (χ3n) is 4.46. The third kappa shape index (κ3) is 5.40. The molecule has 5 nitrogen and oxygen atoms in total. The lowest BCUT2D eigenvalue weighted by Crippen LogP contribution is -2.46. The highest BCUT2D eigenvalue weighted by molar-refractivity contribution is 7.89. The number of benzene rings is 3. The molecule has 3 aromatic rings. The van der Waals surface area contributed by atoms with E-state index in [1.165, 1.54) is 25.1 Å². The second kappa shape index (κ2) is 9.62. The molecule has 0 heterocycles. The van der Waals surface area contributed by atoms with Gasteiger partial charge in [0.15, 0.2) is 0 Å². The van der Waals surface area contributed by atoms with Crippen molar-refractivity contribution in [3.8, 4) is 0 Å². The number of carbonyl (C=O) groups is 1. The van der Waals surface area contributed by atoms with E-state index in [9.17, 15) is 13.2 Å². The van der Waals surface area contributed by atoms with Gasteiger partial charge in [-0.15, -0.1) is 0 Å². The van der Waals surface area contributed by atoms with E-state index in [1.54, 1.807) is 0 Å². The Balaban J connectivity index is 1.81. The van der Waals surface area contributed by atoms with Gasteiger partial charge in [0.2, 0.25) is 15.9 Å². The summed E-state index contributed by atoms with van der Waals surface area (Å²) in [4.78, 5) is 12.7. The van der Waals surface area contributed by atoms with E-state index in [4.69, 9.17) is 23.2 Å². The summed E-state index contributed by atoms with van der Waals surface area (Å²) < 4.78 is 27.8. The number of hydrogen-bond acceptors (Lipinski definition) is 3. The van der Waals surface area contributed by atoms with Gasteiger partial charge in [0.1, 0.15) is 4.90 Å². The van der Waals surface area contributed by atoms with Crippen LogP contribution >= 0.6 is 23.2 Å². The maximum atomic E-state index is 12.9. The molecule has 0 aliphatic heterocycles. The van der Waals surface area contributed by atoms with Crippen LogP contribution in [0.25, 0.3) is 0 Å². The second-order valence-corrected chi connectivity index (χ2v) is 9.21. The molecule has 8 heteroatoms. The van der Waals surface area contributed by atoms with E-state index in [-0.39, 0.29) is 14.9 Å². The highest BCUT2D eigenvalue weighted by Crippen LogP contribution is 2.25. The van der Waals surface area contributed by atoms with E-state index >= 15 is 0 Å². The van der Waals surface area contributed by atoms with Crippen molar-refractivity contribution in [3.05, 3.63) is 100 Å². The van der Waals surface area contributed by atoms with Gasteiger partial charge in [0, 0.05) is 5.02 Å². The largest absolute Gasteiger partial charge is 0.344 e. The van der Waals surface area contributed by atoms with Crippen LogP contribution in [-0.4, -0.2) is 20.4 Å². The van der Waals surface area contributed by atoms with Crippen molar-refractivity contribution in [2.45, 2.75) is 23.9 Å². The molecule has 0 aliphatic rings. The minimum atomic E-state index is -4.05. The summed E-state index contributed by atoms with van der Waals surface area (Å²) in [5.74, 6) is -0.477. The van der Waals surface area contributed by atoms with E-state index in [0.717, 1.165) is 11.1 Å². The number of halogens is 2. The first kappa shape index (κ1) is 22.3. The Bertz CT molecular complexity index is 1080. The van der Waals surface area contributed by atoms with Gasteiger partial charge in [-0.2, -0.15) is 4.72 Å². The first-order valence-electron chi connectivity index (χ1n) is 9.15. The predicted octanol–water partition coefficient (Wildman–Crippen LogP) is 4.57. The molecular weight excluding hydrogens is 443 g/mol. The summed E-state index contributed by atoms with van der Waals surface area (Å²) in [5.41, 5.74) is 1.76. The van der Waals surface area contributed by atoms with Crippen LogP contribution in [-0.2, 0) is 14.8 Å². The van der Waals surface area contributed by atoms with Gasteiger partial charge in [0.25, 0.3) is 0 Å². The number of sulfonamides is 1. The topological polar surface area (TPSA) is 75.3 Å². The summed E-state index contributed by atoms with van der Waals surface area (Å²) in [6.07, 6.45) is 0. The summed E-state index contributed by atoms with van der Waals surface area (Å²) in [7, 11) is -4.05. The van der Waals surface area contributed by atoms with Crippen molar-refractivity contribution >= 4 is 39.1 Å². The Kier molecular flexibility index (Phi) is 7.15. The lowest BCUT2D eigenvalue weighted by molar-refractivity contribution is -0.122. The van der Waals surface area contributed by atoms with Gasteiger partial charge < -0.3 is 5.32 Å². The first-order valence-corrected chi connectivity index (χ1v) is 11.4. The van der Waals surface area contributed by atoms with E-state index in [1.807, 2.05) is 60.7 Å². The van der Waals surface area contributed by atoms with Crippen LogP contribution in [0.5, 0.6) is 0 Å². The van der Waals surface area contributed by atoms with E-state index in [2.05, 4.69) is 10.0 Å². The van der Waals surface area contributed by atoms with Crippen LogP contribution < -0.4 is 10.0 Å². The molecule has 0 unspecified atom stereocenters. The fourth-order valence-corrected chi connectivity index (χ4v) is 4.92. The lowest BCUT2D eigenvalue weighted by atomic mass is 9.98. The van der Waals surface area contributed by atoms with Gasteiger partial charge >= 0.3 is 0 Å².